The largest absolute Gasteiger partial charge is 0.0683 e. The molecule has 0 aromatic carbocycles. The minimum atomic E-state index is 0.526. The van der Waals surface area contributed by atoms with E-state index in [0.717, 1.165) is 35.5 Å². The fourth-order valence-corrected chi connectivity index (χ4v) is 6.52. The molecule has 140 valence electrons. The van der Waals surface area contributed by atoms with Crippen molar-refractivity contribution in [1.29, 1.82) is 0 Å². The molecule has 4 unspecified atom stereocenters. The maximum absolute atomic E-state index is 2.61. The van der Waals surface area contributed by atoms with Crippen LogP contribution in [0.2, 0.25) is 0 Å². The molecule has 0 aromatic heterocycles. The first-order chi connectivity index (χ1) is 10.9. The molecule has 23 heavy (non-hydrogen) atoms. The lowest BCUT2D eigenvalue weighted by atomic mass is 9.51. The van der Waals surface area contributed by atoms with Gasteiger partial charge >= 0.3 is 0 Å². The minimum absolute atomic E-state index is 0.526. The number of rotatable bonds is 2. The van der Waals surface area contributed by atoms with Gasteiger partial charge < -0.3 is 0 Å². The molecule has 2 rings (SSSR count). The van der Waals surface area contributed by atoms with E-state index >= 15 is 0 Å². The summed E-state index contributed by atoms with van der Waals surface area (Å²) in [5, 5.41) is 0. The van der Waals surface area contributed by atoms with E-state index in [-0.39, 0.29) is 0 Å². The highest BCUT2D eigenvalue weighted by Crippen LogP contribution is 2.55. The molecule has 0 N–H and O–H groups in total. The Hall–Kier alpha value is 0. The van der Waals surface area contributed by atoms with Crippen molar-refractivity contribution < 1.29 is 0 Å². The predicted molar refractivity (Wildman–Crippen MR) is 108 cm³/mol. The van der Waals surface area contributed by atoms with E-state index in [2.05, 4.69) is 41.5 Å². The summed E-state index contributed by atoms with van der Waals surface area (Å²) in [4.78, 5) is 0. The minimum Gasteiger partial charge on any atom is -0.0683 e. The van der Waals surface area contributed by atoms with Gasteiger partial charge in [-0.15, -0.1) is 0 Å². The van der Waals surface area contributed by atoms with Crippen LogP contribution in [-0.2, 0) is 0 Å². The average molecular weight is 325 g/mol. The van der Waals surface area contributed by atoms with E-state index < -0.39 is 0 Å². The van der Waals surface area contributed by atoms with Gasteiger partial charge in [-0.3, -0.25) is 0 Å². The Morgan fingerprint density at radius 1 is 0.522 bits per heavy atom. The van der Waals surface area contributed by atoms with E-state index in [1.165, 1.54) is 38.5 Å². The second-order valence-electron chi connectivity index (χ2n) is 8.64. The normalized spacial score (nSPS) is 37.8. The molecule has 0 spiro atoms. The van der Waals surface area contributed by atoms with E-state index in [0.29, 0.717) is 5.41 Å². The third-order valence-electron chi connectivity index (χ3n) is 6.81. The van der Waals surface area contributed by atoms with Crippen molar-refractivity contribution in [2.24, 2.45) is 40.9 Å². The molecule has 2 saturated carbocycles. The third-order valence-corrected chi connectivity index (χ3v) is 6.81. The maximum atomic E-state index is 2.61. The van der Waals surface area contributed by atoms with Crippen molar-refractivity contribution >= 4 is 0 Å². The van der Waals surface area contributed by atoms with E-state index in [4.69, 9.17) is 0 Å². The fraction of sp³-hybridized carbons (Fsp3) is 1.00. The maximum Gasteiger partial charge on any atom is -0.0287 e. The summed E-state index contributed by atoms with van der Waals surface area (Å²) in [5.41, 5.74) is 0.526. The van der Waals surface area contributed by atoms with Crippen LogP contribution in [-0.4, -0.2) is 0 Å². The molecule has 0 heteroatoms. The quantitative estimate of drug-likeness (QED) is 0.480. The van der Waals surface area contributed by atoms with Gasteiger partial charge in [-0.1, -0.05) is 108 Å². The zero-order valence-electron chi connectivity index (χ0n) is 18.2. The molecule has 0 radical (unpaired) electrons. The van der Waals surface area contributed by atoms with Crippen LogP contribution in [0.15, 0.2) is 0 Å². The van der Waals surface area contributed by atoms with Gasteiger partial charge in [-0.2, -0.15) is 0 Å². The molecule has 0 aliphatic heterocycles. The first kappa shape index (κ1) is 23.0. The van der Waals surface area contributed by atoms with Crippen LogP contribution in [0.5, 0.6) is 0 Å². The molecule has 2 fully saturated rings. The first-order valence-electron chi connectivity index (χ1n) is 10.9. The van der Waals surface area contributed by atoms with Gasteiger partial charge in [-0.25, -0.2) is 0 Å². The van der Waals surface area contributed by atoms with Crippen LogP contribution >= 0.6 is 0 Å². The molecule has 0 bridgehead atoms. The van der Waals surface area contributed by atoms with Crippen molar-refractivity contribution in [3.05, 3.63) is 0 Å². The predicted octanol–water partition coefficient (Wildman–Crippen LogP) is 8.21. The van der Waals surface area contributed by atoms with Gasteiger partial charge in [-0.05, 0) is 40.9 Å². The average Bonchev–Trinajstić information content (AvgIpc) is 2.50. The zero-order valence-corrected chi connectivity index (χ0v) is 18.2. The lowest BCUT2D eigenvalue weighted by Gasteiger charge is -2.54. The summed E-state index contributed by atoms with van der Waals surface area (Å²) in [7, 11) is 0. The molecule has 0 nitrogen and oxygen atoms in total. The molecule has 0 amide bonds. The molecule has 0 saturated heterocycles. The van der Waals surface area contributed by atoms with Crippen LogP contribution in [0, 0.1) is 40.9 Å². The lowest BCUT2D eigenvalue weighted by molar-refractivity contribution is -0.0496. The van der Waals surface area contributed by atoms with Crippen LogP contribution in [0.3, 0.4) is 0 Å². The highest BCUT2D eigenvalue weighted by Gasteiger charge is 2.47. The zero-order chi connectivity index (χ0) is 18.2. The van der Waals surface area contributed by atoms with Crippen LogP contribution < -0.4 is 0 Å². The molecule has 2 aliphatic carbocycles. The Labute approximate surface area is 149 Å². The summed E-state index contributed by atoms with van der Waals surface area (Å²) >= 11 is 0. The summed E-state index contributed by atoms with van der Waals surface area (Å²) in [6, 6.07) is 0. The highest BCUT2D eigenvalue weighted by molar-refractivity contribution is 4.96. The second-order valence-corrected chi connectivity index (χ2v) is 8.64. The van der Waals surface area contributed by atoms with Crippen molar-refractivity contribution in [3.8, 4) is 0 Å². The highest BCUT2D eigenvalue weighted by atomic mass is 14.5. The number of hydrogen-bond acceptors (Lipinski definition) is 0. The molecule has 0 aromatic rings. The van der Waals surface area contributed by atoms with Crippen molar-refractivity contribution in [3.63, 3.8) is 0 Å². The van der Waals surface area contributed by atoms with E-state index in [9.17, 15) is 0 Å². The SMILES string of the molecule is CC.CC.CC1CCCC(C)C1C(C)(C)C1C(C)CCCC1C. The van der Waals surface area contributed by atoms with Gasteiger partial charge in [0.15, 0.2) is 0 Å². The lowest BCUT2D eigenvalue weighted by Crippen LogP contribution is -2.47. The molecule has 2 aliphatic rings. The summed E-state index contributed by atoms with van der Waals surface area (Å²) < 4.78 is 0. The Morgan fingerprint density at radius 3 is 0.957 bits per heavy atom. The Bertz CT molecular complexity index is 242. The summed E-state index contributed by atoms with van der Waals surface area (Å²) in [5.74, 6) is 5.60. The van der Waals surface area contributed by atoms with Gasteiger partial charge in [0.2, 0.25) is 0 Å². The topological polar surface area (TPSA) is 0 Å². The summed E-state index contributed by atoms with van der Waals surface area (Å²) in [6.45, 7) is 23.3. The number of hydrogen-bond donors (Lipinski definition) is 0. The Kier molecular flexibility index (Phi) is 10.8. The third kappa shape index (κ3) is 5.50. The van der Waals surface area contributed by atoms with Gasteiger partial charge in [0.05, 0.1) is 0 Å². The molecular weight excluding hydrogens is 276 g/mol. The standard InChI is InChI=1S/C19H36.2C2H6/c1-13-9-7-10-14(2)17(13)19(5,6)18-15(3)11-8-12-16(18)4;2*1-2/h13-18H,7-12H2,1-6H3;2*1-2H3. The Morgan fingerprint density at radius 2 is 0.739 bits per heavy atom. The molecule has 0 heterocycles. The van der Waals surface area contributed by atoms with Gasteiger partial charge in [0.1, 0.15) is 0 Å². The van der Waals surface area contributed by atoms with Crippen LogP contribution in [0.4, 0.5) is 0 Å². The van der Waals surface area contributed by atoms with Crippen molar-refractivity contribution in [1.82, 2.24) is 0 Å². The monoisotopic (exact) mass is 324 g/mol. The van der Waals surface area contributed by atoms with E-state index in [1.54, 1.807) is 0 Å². The summed E-state index contributed by atoms with van der Waals surface area (Å²) in [6.07, 6.45) is 8.79. The smallest absolute Gasteiger partial charge is 0.0287 e. The van der Waals surface area contributed by atoms with Gasteiger partial charge in [0.25, 0.3) is 0 Å². The van der Waals surface area contributed by atoms with Crippen molar-refractivity contribution in [2.75, 3.05) is 0 Å². The van der Waals surface area contributed by atoms with E-state index in [1.807, 2.05) is 27.7 Å². The van der Waals surface area contributed by atoms with Crippen LogP contribution in [0.1, 0.15) is 108 Å². The molecule has 4 atom stereocenters. The molecular formula is C23H48. The van der Waals surface area contributed by atoms with Crippen molar-refractivity contribution in [2.45, 2.75) is 108 Å². The fourth-order valence-electron chi connectivity index (χ4n) is 6.52. The van der Waals surface area contributed by atoms with Gasteiger partial charge in [0, 0.05) is 0 Å². The van der Waals surface area contributed by atoms with Crippen LogP contribution in [0.25, 0.3) is 0 Å². The second kappa shape index (κ2) is 10.8. The first-order valence-corrected chi connectivity index (χ1v) is 10.9. The Balaban J connectivity index is 0.00000112.